The van der Waals surface area contributed by atoms with Gasteiger partial charge in [-0.25, -0.2) is 0 Å². The van der Waals surface area contributed by atoms with Crippen LogP contribution in [-0.2, 0) is 12.8 Å². The van der Waals surface area contributed by atoms with Gasteiger partial charge in [0.2, 0.25) is 0 Å². The molecule has 0 N–H and O–H groups in total. The van der Waals surface area contributed by atoms with Crippen molar-refractivity contribution in [1.82, 2.24) is 0 Å². The molecular formula is C23H28. The average Bonchev–Trinajstić information content (AvgIpc) is 2.88. The van der Waals surface area contributed by atoms with Gasteiger partial charge in [-0.15, -0.1) is 0 Å². The molecule has 0 amide bonds. The quantitative estimate of drug-likeness (QED) is 0.588. The SMILES string of the molecule is CC(C)CC1=Cc2c(ccc(CC(C)C)c2-c2ccccc2)C1. The van der Waals surface area contributed by atoms with Crippen molar-refractivity contribution in [2.45, 2.75) is 47.0 Å². The monoisotopic (exact) mass is 304 g/mol. The molecule has 0 radical (unpaired) electrons. The zero-order valence-corrected chi connectivity index (χ0v) is 14.9. The Balaban J connectivity index is 2.11. The summed E-state index contributed by atoms with van der Waals surface area (Å²) in [7, 11) is 0. The van der Waals surface area contributed by atoms with Gasteiger partial charge >= 0.3 is 0 Å². The molecule has 0 unspecified atom stereocenters. The molecule has 0 nitrogen and oxygen atoms in total. The molecule has 23 heavy (non-hydrogen) atoms. The van der Waals surface area contributed by atoms with E-state index in [4.69, 9.17) is 0 Å². The number of allylic oxidation sites excluding steroid dienone is 1. The standard InChI is InChI=1S/C23H28/c1-16(2)12-18-14-20-10-11-21(13-17(3)4)23(22(20)15-18)19-8-6-5-7-9-19/h5-11,15-17H,12-14H2,1-4H3. The number of benzene rings is 2. The minimum absolute atomic E-state index is 0.677. The minimum Gasteiger partial charge on any atom is -0.0649 e. The van der Waals surface area contributed by atoms with E-state index >= 15 is 0 Å². The van der Waals surface area contributed by atoms with Gasteiger partial charge in [-0.05, 0) is 58.9 Å². The molecule has 0 aliphatic heterocycles. The highest BCUT2D eigenvalue weighted by Gasteiger charge is 2.20. The summed E-state index contributed by atoms with van der Waals surface area (Å²) in [4.78, 5) is 0. The molecule has 3 rings (SSSR count). The second kappa shape index (κ2) is 6.74. The Morgan fingerprint density at radius 1 is 0.826 bits per heavy atom. The van der Waals surface area contributed by atoms with Gasteiger partial charge in [-0.1, -0.05) is 81.8 Å². The van der Waals surface area contributed by atoms with Crippen molar-refractivity contribution in [3.8, 4) is 11.1 Å². The second-order valence-corrected chi connectivity index (χ2v) is 7.71. The molecule has 0 heterocycles. The molecule has 0 saturated heterocycles. The fourth-order valence-corrected chi connectivity index (χ4v) is 3.74. The Kier molecular flexibility index (Phi) is 4.71. The molecule has 1 aliphatic carbocycles. The zero-order chi connectivity index (χ0) is 16.4. The van der Waals surface area contributed by atoms with Crippen LogP contribution in [0.3, 0.4) is 0 Å². The first-order valence-corrected chi connectivity index (χ1v) is 8.94. The minimum atomic E-state index is 0.677. The van der Waals surface area contributed by atoms with Gasteiger partial charge in [-0.2, -0.15) is 0 Å². The number of hydrogen-bond donors (Lipinski definition) is 0. The smallest absolute Gasteiger partial charge is 0.00575 e. The van der Waals surface area contributed by atoms with Crippen LogP contribution >= 0.6 is 0 Å². The molecular weight excluding hydrogens is 276 g/mol. The summed E-state index contributed by atoms with van der Waals surface area (Å²) in [6.07, 6.45) is 5.96. The van der Waals surface area contributed by atoms with E-state index in [-0.39, 0.29) is 0 Å². The molecule has 0 aromatic heterocycles. The molecule has 2 aromatic rings. The Hall–Kier alpha value is -1.82. The molecule has 0 atom stereocenters. The molecule has 0 saturated carbocycles. The predicted octanol–water partition coefficient (Wildman–Crippen LogP) is 6.54. The summed E-state index contributed by atoms with van der Waals surface area (Å²) in [5, 5.41) is 0. The van der Waals surface area contributed by atoms with E-state index in [1.807, 2.05) is 0 Å². The first-order valence-electron chi connectivity index (χ1n) is 8.94. The van der Waals surface area contributed by atoms with Gasteiger partial charge in [0.25, 0.3) is 0 Å². The van der Waals surface area contributed by atoms with Crippen molar-refractivity contribution in [1.29, 1.82) is 0 Å². The van der Waals surface area contributed by atoms with Crippen LogP contribution < -0.4 is 0 Å². The lowest BCUT2D eigenvalue weighted by Gasteiger charge is -2.16. The van der Waals surface area contributed by atoms with Crippen LogP contribution in [0.1, 0.15) is 50.8 Å². The molecule has 2 aromatic carbocycles. The maximum absolute atomic E-state index is 2.47. The van der Waals surface area contributed by atoms with Crippen molar-refractivity contribution >= 4 is 6.08 Å². The molecule has 120 valence electrons. The summed E-state index contributed by atoms with van der Waals surface area (Å²) in [5.41, 5.74) is 8.90. The summed E-state index contributed by atoms with van der Waals surface area (Å²) < 4.78 is 0. The summed E-state index contributed by atoms with van der Waals surface area (Å²) >= 11 is 0. The van der Waals surface area contributed by atoms with Crippen LogP contribution in [-0.4, -0.2) is 0 Å². The predicted molar refractivity (Wildman–Crippen MR) is 102 cm³/mol. The summed E-state index contributed by atoms with van der Waals surface area (Å²) in [5.74, 6) is 1.40. The highest BCUT2D eigenvalue weighted by atomic mass is 14.2. The third kappa shape index (κ3) is 3.58. The van der Waals surface area contributed by atoms with Crippen molar-refractivity contribution in [2.75, 3.05) is 0 Å². The van der Waals surface area contributed by atoms with Crippen LogP contribution in [0, 0.1) is 11.8 Å². The normalized spacial score (nSPS) is 13.6. The molecule has 1 aliphatic rings. The van der Waals surface area contributed by atoms with Gasteiger partial charge in [0.05, 0.1) is 0 Å². The van der Waals surface area contributed by atoms with Gasteiger partial charge in [0, 0.05) is 0 Å². The largest absolute Gasteiger partial charge is 0.0649 e. The summed E-state index contributed by atoms with van der Waals surface area (Å²) in [6, 6.07) is 15.7. The van der Waals surface area contributed by atoms with Crippen molar-refractivity contribution in [3.63, 3.8) is 0 Å². The maximum atomic E-state index is 2.47. The molecule has 0 heteroatoms. The van der Waals surface area contributed by atoms with E-state index < -0.39 is 0 Å². The highest BCUT2D eigenvalue weighted by molar-refractivity contribution is 5.83. The van der Waals surface area contributed by atoms with Crippen LogP contribution in [0.5, 0.6) is 0 Å². The fraction of sp³-hybridized carbons (Fsp3) is 0.391. The van der Waals surface area contributed by atoms with Crippen LogP contribution in [0.15, 0.2) is 48.0 Å². The first kappa shape index (κ1) is 16.1. The molecule has 0 bridgehead atoms. The van der Waals surface area contributed by atoms with Crippen molar-refractivity contribution < 1.29 is 0 Å². The van der Waals surface area contributed by atoms with Gasteiger partial charge in [0.15, 0.2) is 0 Å². The fourth-order valence-electron chi connectivity index (χ4n) is 3.74. The first-order chi connectivity index (χ1) is 11.0. The molecule has 0 fully saturated rings. The molecule has 0 spiro atoms. The lowest BCUT2D eigenvalue weighted by Crippen LogP contribution is -2.00. The van der Waals surface area contributed by atoms with E-state index in [2.05, 4.69) is 76.2 Å². The summed E-state index contributed by atoms with van der Waals surface area (Å²) in [6.45, 7) is 9.24. The Morgan fingerprint density at radius 2 is 1.52 bits per heavy atom. The van der Waals surface area contributed by atoms with Gasteiger partial charge in [-0.3, -0.25) is 0 Å². The van der Waals surface area contributed by atoms with E-state index in [1.165, 1.54) is 34.2 Å². The van der Waals surface area contributed by atoms with Crippen LogP contribution in [0.4, 0.5) is 0 Å². The second-order valence-electron chi connectivity index (χ2n) is 7.71. The van der Waals surface area contributed by atoms with E-state index in [0.717, 1.165) is 18.8 Å². The van der Waals surface area contributed by atoms with E-state index in [1.54, 1.807) is 5.57 Å². The Bertz CT molecular complexity index is 702. The van der Waals surface area contributed by atoms with Gasteiger partial charge in [0.1, 0.15) is 0 Å². The van der Waals surface area contributed by atoms with Crippen LogP contribution in [0.25, 0.3) is 17.2 Å². The van der Waals surface area contributed by atoms with E-state index in [9.17, 15) is 0 Å². The lowest BCUT2D eigenvalue weighted by molar-refractivity contribution is 0.638. The highest BCUT2D eigenvalue weighted by Crippen LogP contribution is 2.38. The number of hydrogen-bond acceptors (Lipinski definition) is 0. The lowest BCUT2D eigenvalue weighted by atomic mass is 9.88. The zero-order valence-electron chi connectivity index (χ0n) is 14.9. The maximum Gasteiger partial charge on any atom is -0.00575 e. The number of fused-ring (bicyclic) bond motifs is 1. The third-order valence-corrected chi connectivity index (χ3v) is 4.55. The van der Waals surface area contributed by atoms with Crippen LogP contribution in [0.2, 0.25) is 0 Å². The van der Waals surface area contributed by atoms with Crippen molar-refractivity contribution in [2.24, 2.45) is 11.8 Å². The van der Waals surface area contributed by atoms with E-state index in [0.29, 0.717) is 5.92 Å². The number of rotatable bonds is 5. The topological polar surface area (TPSA) is 0 Å². The van der Waals surface area contributed by atoms with Gasteiger partial charge < -0.3 is 0 Å². The third-order valence-electron chi connectivity index (χ3n) is 4.55. The average molecular weight is 304 g/mol. The Morgan fingerprint density at radius 3 is 2.17 bits per heavy atom. The Labute approximate surface area is 141 Å². The van der Waals surface area contributed by atoms with Crippen molar-refractivity contribution in [3.05, 3.63) is 64.7 Å².